The summed E-state index contributed by atoms with van der Waals surface area (Å²) >= 11 is 1.34. The molecule has 0 fully saturated rings. The molecule has 5 heteroatoms. The molecule has 0 heterocycles. The molecule has 0 amide bonds. The number of thioether (sulfide) groups is 1. The van der Waals surface area contributed by atoms with E-state index >= 15 is 0 Å². The van der Waals surface area contributed by atoms with Gasteiger partial charge in [-0.3, -0.25) is 4.79 Å². The van der Waals surface area contributed by atoms with E-state index in [2.05, 4.69) is 0 Å². The molecule has 0 aliphatic heterocycles. The largest absolute Gasteiger partial charge is 0.478 e. The number of Topliss-reactive ketones (excluding diaryl/α,β-unsaturated/α-hetero) is 1. The molecule has 108 valence electrons. The van der Waals surface area contributed by atoms with Crippen LogP contribution < -0.4 is 0 Å². The quantitative estimate of drug-likeness (QED) is 0.828. The molecule has 0 bridgehead atoms. The first kappa shape index (κ1) is 15.3. The van der Waals surface area contributed by atoms with Gasteiger partial charge in [-0.2, -0.15) is 0 Å². The molecule has 0 saturated heterocycles. The van der Waals surface area contributed by atoms with E-state index in [0.717, 1.165) is 0 Å². The highest BCUT2D eigenvalue weighted by molar-refractivity contribution is 7.99. The van der Waals surface area contributed by atoms with Gasteiger partial charge in [-0.05, 0) is 35.9 Å². The van der Waals surface area contributed by atoms with Crippen molar-refractivity contribution in [2.24, 2.45) is 0 Å². The Morgan fingerprint density at radius 3 is 2.38 bits per heavy atom. The average Bonchev–Trinajstić information content (AvgIpc) is 2.48. The Balaban J connectivity index is 1.94. The minimum absolute atomic E-state index is 0.104. The van der Waals surface area contributed by atoms with Gasteiger partial charge in [0.15, 0.2) is 5.78 Å². The van der Waals surface area contributed by atoms with Gasteiger partial charge in [0.05, 0.1) is 11.3 Å². The van der Waals surface area contributed by atoms with Crippen LogP contribution in [0.25, 0.3) is 0 Å². The van der Waals surface area contributed by atoms with Gasteiger partial charge in [0.1, 0.15) is 5.82 Å². The third-order valence-corrected chi connectivity index (χ3v) is 3.89. The Morgan fingerprint density at radius 1 is 1.05 bits per heavy atom. The second kappa shape index (κ2) is 7.04. The molecule has 0 spiro atoms. The maximum absolute atomic E-state index is 12.8. The number of halogens is 1. The Kier molecular flexibility index (Phi) is 5.11. The fraction of sp³-hybridized carbons (Fsp3) is 0.125. The summed E-state index contributed by atoms with van der Waals surface area (Å²) in [6.07, 6.45) is 0. The number of rotatable bonds is 6. The fourth-order valence-electron chi connectivity index (χ4n) is 1.83. The first-order valence-electron chi connectivity index (χ1n) is 6.25. The summed E-state index contributed by atoms with van der Waals surface area (Å²) in [6.45, 7) is 0. The van der Waals surface area contributed by atoms with Gasteiger partial charge in [0, 0.05) is 11.3 Å². The first-order valence-corrected chi connectivity index (χ1v) is 7.41. The van der Waals surface area contributed by atoms with E-state index in [1.54, 1.807) is 24.3 Å². The number of ketones is 1. The summed E-state index contributed by atoms with van der Waals surface area (Å²) in [6, 6.07) is 12.1. The average molecular weight is 304 g/mol. The molecular weight excluding hydrogens is 291 g/mol. The molecule has 0 radical (unpaired) electrons. The van der Waals surface area contributed by atoms with Crippen molar-refractivity contribution in [1.29, 1.82) is 0 Å². The van der Waals surface area contributed by atoms with E-state index in [1.807, 2.05) is 0 Å². The summed E-state index contributed by atoms with van der Waals surface area (Å²) in [5, 5.41) is 9.07. The number of aromatic carboxylic acids is 1. The minimum Gasteiger partial charge on any atom is -0.478 e. The number of carboxylic acids is 1. The number of hydrogen-bond donors (Lipinski definition) is 1. The number of carbonyl (C=O) groups is 2. The van der Waals surface area contributed by atoms with Gasteiger partial charge in [0.2, 0.25) is 0 Å². The van der Waals surface area contributed by atoms with Gasteiger partial charge in [0.25, 0.3) is 0 Å². The molecule has 0 atom stereocenters. The van der Waals surface area contributed by atoms with Crippen molar-refractivity contribution in [3.05, 3.63) is 71.0 Å². The lowest BCUT2D eigenvalue weighted by Crippen LogP contribution is -2.04. The Morgan fingerprint density at radius 2 is 1.71 bits per heavy atom. The molecule has 1 N–H and O–H groups in total. The zero-order chi connectivity index (χ0) is 15.2. The monoisotopic (exact) mass is 304 g/mol. The topological polar surface area (TPSA) is 54.4 Å². The molecule has 3 nitrogen and oxygen atoms in total. The van der Waals surface area contributed by atoms with E-state index in [-0.39, 0.29) is 22.9 Å². The van der Waals surface area contributed by atoms with Crippen LogP contribution >= 0.6 is 11.8 Å². The number of carboxylic acid groups (broad SMARTS) is 1. The molecule has 0 unspecified atom stereocenters. The summed E-state index contributed by atoms with van der Waals surface area (Å²) in [4.78, 5) is 23.0. The van der Waals surface area contributed by atoms with Gasteiger partial charge in [-0.25, -0.2) is 9.18 Å². The van der Waals surface area contributed by atoms with E-state index in [0.29, 0.717) is 16.9 Å². The van der Waals surface area contributed by atoms with Crippen molar-refractivity contribution in [2.45, 2.75) is 5.75 Å². The molecular formula is C16H13FO3S. The smallest absolute Gasteiger partial charge is 0.335 e. The number of benzene rings is 2. The first-order chi connectivity index (χ1) is 10.1. The SMILES string of the molecule is O=C(CSCc1ccccc1C(=O)O)c1ccc(F)cc1. The molecule has 0 saturated carbocycles. The molecule has 0 aromatic heterocycles. The van der Waals surface area contributed by atoms with Crippen molar-refractivity contribution < 1.29 is 19.1 Å². The lowest BCUT2D eigenvalue weighted by Gasteiger charge is -2.05. The van der Waals surface area contributed by atoms with Crippen molar-refractivity contribution in [1.82, 2.24) is 0 Å². The predicted octanol–water partition coefficient (Wildman–Crippen LogP) is 3.64. The van der Waals surface area contributed by atoms with Crippen molar-refractivity contribution in [3.63, 3.8) is 0 Å². The van der Waals surface area contributed by atoms with Crippen LogP contribution in [0.4, 0.5) is 4.39 Å². The van der Waals surface area contributed by atoms with Crippen molar-refractivity contribution in [2.75, 3.05) is 5.75 Å². The normalized spacial score (nSPS) is 10.3. The summed E-state index contributed by atoms with van der Waals surface area (Å²) in [7, 11) is 0. The lowest BCUT2D eigenvalue weighted by atomic mass is 10.1. The zero-order valence-corrected chi connectivity index (χ0v) is 11.9. The number of hydrogen-bond acceptors (Lipinski definition) is 3. The Hall–Kier alpha value is -2.14. The van der Waals surface area contributed by atoms with Crippen LogP contribution in [0.5, 0.6) is 0 Å². The molecule has 0 aliphatic rings. The third kappa shape index (κ3) is 4.16. The van der Waals surface area contributed by atoms with E-state index in [9.17, 15) is 14.0 Å². The highest BCUT2D eigenvalue weighted by Gasteiger charge is 2.10. The summed E-state index contributed by atoms with van der Waals surface area (Å²) in [5.74, 6) is -0.798. The molecule has 2 aromatic rings. The minimum atomic E-state index is -0.976. The van der Waals surface area contributed by atoms with Crippen LogP contribution in [-0.4, -0.2) is 22.6 Å². The van der Waals surface area contributed by atoms with Gasteiger partial charge in [-0.15, -0.1) is 11.8 Å². The van der Waals surface area contributed by atoms with Crippen molar-refractivity contribution >= 4 is 23.5 Å². The van der Waals surface area contributed by atoms with Crippen LogP contribution in [0.3, 0.4) is 0 Å². The Labute approximate surface area is 125 Å². The summed E-state index contributed by atoms with van der Waals surface area (Å²) in [5.41, 5.74) is 1.39. The highest BCUT2D eigenvalue weighted by atomic mass is 32.2. The van der Waals surface area contributed by atoms with E-state index in [4.69, 9.17) is 5.11 Å². The van der Waals surface area contributed by atoms with Crippen LogP contribution in [-0.2, 0) is 5.75 Å². The van der Waals surface area contributed by atoms with E-state index in [1.165, 1.54) is 36.0 Å². The lowest BCUT2D eigenvalue weighted by molar-refractivity contribution is 0.0696. The highest BCUT2D eigenvalue weighted by Crippen LogP contribution is 2.18. The third-order valence-electron chi connectivity index (χ3n) is 2.90. The maximum Gasteiger partial charge on any atom is 0.335 e. The van der Waals surface area contributed by atoms with Crippen molar-refractivity contribution in [3.8, 4) is 0 Å². The van der Waals surface area contributed by atoms with Gasteiger partial charge >= 0.3 is 5.97 Å². The summed E-state index contributed by atoms with van der Waals surface area (Å²) < 4.78 is 12.8. The Bertz CT molecular complexity index is 653. The van der Waals surface area contributed by atoms with Gasteiger partial charge in [-0.1, -0.05) is 18.2 Å². The predicted molar refractivity (Wildman–Crippen MR) is 80.3 cm³/mol. The standard InChI is InChI=1S/C16H13FO3S/c17-13-7-5-11(6-8-13)15(18)10-21-9-12-3-1-2-4-14(12)16(19)20/h1-8H,9-10H2,(H,19,20). The van der Waals surface area contributed by atoms with Crippen LogP contribution in [0.2, 0.25) is 0 Å². The molecule has 0 aliphatic carbocycles. The second-order valence-corrected chi connectivity index (χ2v) is 5.37. The molecule has 21 heavy (non-hydrogen) atoms. The molecule has 2 rings (SSSR count). The maximum atomic E-state index is 12.8. The van der Waals surface area contributed by atoms with Crippen LogP contribution in [0.1, 0.15) is 26.3 Å². The van der Waals surface area contributed by atoms with Crippen LogP contribution in [0, 0.1) is 5.82 Å². The van der Waals surface area contributed by atoms with Crippen LogP contribution in [0.15, 0.2) is 48.5 Å². The van der Waals surface area contributed by atoms with Gasteiger partial charge < -0.3 is 5.11 Å². The number of carbonyl (C=O) groups excluding carboxylic acids is 1. The fourth-order valence-corrected chi connectivity index (χ4v) is 2.75. The second-order valence-electron chi connectivity index (χ2n) is 4.39. The van der Waals surface area contributed by atoms with E-state index < -0.39 is 5.97 Å². The molecule has 2 aromatic carbocycles. The zero-order valence-electron chi connectivity index (χ0n) is 11.1.